The molecule has 3 rings (SSSR count). The van der Waals surface area contributed by atoms with Crippen LogP contribution in [0.1, 0.15) is 31.9 Å². The molecule has 0 fully saturated rings. The van der Waals surface area contributed by atoms with Gasteiger partial charge >= 0.3 is 0 Å². The van der Waals surface area contributed by atoms with E-state index in [2.05, 4.69) is 15.2 Å². The lowest BCUT2D eigenvalue weighted by Gasteiger charge is -2.23. The summed E-state index contributed by atoms with van der Waals surface area (Å²) in [7, 11) is 0. The summed E-state index contributed by atoms with van der Waals surface area (Å²) in [5.74, 6) is 0.162. The molecule has 0 radical (unpaired) electrons. The maximum Gasteiger partial charge on any atom is 0.234 e. The van der Waals surface area contributed by atoms with Gasteiger partial charge in [0.05, 0.1) is 6.54 Å². The average Bonchev–Trinajstić information content (AvgIpc) is 2.99. The van der Waals surface area contributed by atoms with Gasteiger partial charge in [-0.05, 0) is 35.6 Å². The Morgan fingerprint density at radius 3 is 2.36 bits per heavy atom. The third kappa shape index (κ3) is 3.44. The topological polar surface area (TPSA) is 80.4 Å². The molecule has 0 aliphatic rings. The molecule has 0 spiro atoms. The number of aromatic hydroxyl groups is 1. The number of isocyanates is 1. The fourth-order valence-electron chi connectivity index (χ4n) is 2.74. The zero-order valence-corrected chi connectivity index (χ0v) is 14.5. The van der Waals surface area contributed by atoms with E-state index in [0.29, 0.717) is 18.7 Å². The van der Waals surface area contributed by atoms with Crippen molar-refractivity contribution in [1.29, 1.82) is 0 Å². The summed E-state index contributed by atoms with van der Waals surface area (Å²) in [5, 5.41) is 19.7. The summed E-state index contributed by atoms with van der Waals surface area (Å²) in [6.07, 6.45) is 2.13. The number of aromatic nitrogens is 3. The van der Waals surface area contributed by atoms with E-state index in [9.17, 15) is 9.90 Å². The van der Waals surface area contributed by atoms with Crippen LogP contribution >= 0.6 is 0 Å². The first-order valence-corrected chi connectivity index (χ1v) is 8.12. The lowest BCUT2D eigenvalue weighted by Crippen LogP contribution is -2.14. The molecule has 1 aromatic heterocycles. The molecule has 6 heteroatoms. The van der Waals surface area contributed by atoms with E-state index in [1.165, 1.54) is 4.80 Å². The Morgan fingerprint density at radius 1 is 1.16 bits per heavy atom. The first-order chi connectivity index (χ1) is 11.9. The Labute approximate surface area is 145 Å². The third-order valence-electron chi connectivity index (χ3n) is 4.04. The molecule has 25 heavy (non-hydrogen) atoms. The lowest BCUT2D eigenvalue weighted by molar-refractivity contribution is 0.440. The standard InChI is InChI=1S/C19H20N4O2/c1-19(2,3)14-10-13(8-9-20-12-24)11-17(18(14)25)23-21-15-6-4-5-7-16(15)22-23/h4-7,10-11,25H,8-9H2,1-3H3. The Kier molecular flexibility index (Phi) is 4.38. The van der Waals surface area contributed by atoms with E-state index in [1.54, 1.807) is 6.08 Å². The molecule has 0 aliphatic carbocycles. The molecule has 0 atom stereocenters. The molecule has 2 aromatic carbocycles. The number of carbonyl (C=O) groups excluding carboxylic acids is 1. The Balaban J connectivity index is 2.16. The maximum absolute atomic E-state index is 10.8. The van der Waals surface area contributed by atoms with E-state index in [4.69, 9.17) is 0 Å². The Bertz CT molecular complexity index is 930. The predicted octanol–water partition coefficient (Wildman–Crippen LogP) is 3.30. The van der Waals surface area contributed by atoms with Gasteiger partial charge in [0, 0.05) is 5.56 Å². The summed E-state index contributed by atoms with van der Waals surface area (Å²) < 4.78 is 0. The van der Waals surface area contributed by atoms with E-state index < -0.39 is 0 Å². The minimum absolute atomic E-state index is 0.162. The first-order valence-electron chi connectivity index (χ1n) is 8.12. The van der Waals surface area contributed by atoms with Gasteiger partial charge in [0.1, 0.15) is 22.5 Å². The molecule has 0 aliphatic heterocycles. The smallest absolute Gasteiger partial charge is 0.234 e. The molecule has 0 unspecified atom stereocenters. The van der Waals surface area contributed by atoms with Gasteiger partial charge in [-0.3, -0.25) is 0 Å². The van der Waals surface area contributed by atoms with Crippen molar-refractivity contribution >= 4 is 17.1 Å². The van der Waals surface area contributed by atoms with E-state index in [0.717, 1.165) is 22.2 Å². The van der Waals surface area contributed by atoms with Gasteiger partial charge in [-0.2, -0.15) is 0 Å². The van der Waals surface area contributed by atoms with Crippen LogP contribution < -0.4 is 0 Å². The second-order valence-corrected chi connectivity index (χ2v) is 6.96. The molecule has 3 aromatic rings. The van der Waals surface area contributed by atoms with Crippen LogP contribution in [0.2, 0.25) is 0 Å². The van der Waals surface area contributed by atoms with Crippen molar-refractivity contribution in [3.05, 3.63) is 47.5 Å². The van der Waals surface area contributed by atoms with Crippen LogP contribution in [-0.4, -0.2) is 32.7 Å². The number of aliphatic imine (C=N–C) groups is 1. The summed E-state index contributed by atoms with van der Waals surface area (Å²) in [6.45, 7) is 6.45. The number of benzene rings is 2. The highest BCUT2D eigenvalue weighted by Crippen LogP contribution is 2.36. The van der Waals surface area contributed by atoms with Gasteiger partial charge in [-0.15, -0.1) is 15.0 Å². The normalized spacial score (nSPS) is 11.5. The molecular weight excluding hydrogens is 316 g/mol. The number of fused-ring (bicyclic) bond motifs is 1. The van der Waals surface area contributed by atoms with Crippen LogP contribution in [0.15, 0.2) is 41.4 Å². The van der Waals surface area contributed by atoms with Crippen molar-refractivity contribution in [2.45, 2.75) is 32.6 Å². The quantitative estimate of drug-likeness (QED) is 0.585. The van der Waals surface area contributed by atoms with Crippen molar-refractivity contribution in [2.75, 3.05) is 6.54 Å². The first kappa shape index (κ1) is 16.9. The van der Waals surface area contributed by atoms with Crippen molar-refractivity contribution < 1.29 is 9.90 Å². The highest BCUT2D eigenvalue weighted by molar-refractivity contribution is 5.73. The fourth-order valence-corrected chi connectivity index (χ4v) is 2.74. The second-order valence-electron chi connectivity index (χ2n) is 6.96. The van der Waals surface area contributed by atoms with Crippen LogP contribution in [0, 0.1) is 0 Å². The Hall–Kier alpha value is -2.98. The van der Waals surface area contributed by atoms with Crippen LogP contribution in [0.4, 0.5) is 0 Å². The molecular formula is C19H20N4O2. The number of hydrogen-bond donors (Lipinski definition) is 1. The van der Waals surface area contributed by atoms with E-state index in [1.807, 2.05) is 57.2 Å². The molecule has 0 amide bonds. The van der Waals surface area contributed by atoms with Crippen LogP contribution in [0.5, 0.6) is 5.75 Å². The van der Waals surface area contributed by atoms with Crippen molar-refractivity contribution in [1.82, 2.24) is 15.0 Å². The van der Waals surface area contributed by atoms with Gasteiger partial charge in [-0.25, -0.2) is 9.79 Å². The Morgan fingerprint density at radius 2 is 1.80 bits per heavy atom. The minimum Gasteiger partial charge on any atom is -0.505 e. The molecule has 1 N–H and O–H groups in total. The van der Waals surface area contributed by atoms with Gasteiger partial charge < -0.3 is 5.11 Å². The largest absolute Gasteiger partial charge is 0.505 e. The van der Waals surface area contributed by atoms with Crippen LogP contribution in [0.3, 0.4) is 0 Å². The van der Waals surface area contributed by atoms with E-state index >= 15 is 0 Å². The zero-order chi connectivity index (χ0) is 18.0. The zero-order valence-electron chi connectivity index (χ0n) is 14.5. The number of phenols is 1. The highest BCUT2D eigenvalue weighted by Gasteiger charge is 2.23. The highest BCUT2D eigenvalue weighted by atomic mass is 16.3. The number of hydrogen-bond acceptors (Lipinski definition) is 5. The summed E-state index contributed by atoms with van der Waals surface area (Å²) in [5.41, 5.74) is 3.54. The van der Waals surface area contributed by atoms with Crippen molar-refractivity contribution in [3.63, 3.8) is 0 Å². The fraction of sp³-hybridized carbons (Fsp3) is 0.316. The number of nitrogens with zero attached hydrogens (tertiary/aromatic N) is 4. The van der Waals surface area contributed by atoms with E-state index in [-0.39, 0.29) is 11.2 Å². The second kappa shape index (κ2) is 6.49. The minimum atomic E-state index is -0.255. The van der Waals surface area contributed by atoms with Crippen molar-refractivity contribution in [2.24, 2.45) is 4.99 Å². The molecule has 1 heterocycles. The summed E-state index contributed by atoms with van der Waals surface area (Å²) >= 11 is 0. The predicted molar refractivity (Wildman–Crippen MR) is 95.9 cm³/mol. The van der Waals surface area contributed by atoms with Gasteiger partial charge in [0.25, 0.3) is 0 Å². The van der Waals surface area contributed by atoms with Crippen LogP contribution in [-0.2, 0) is 16.6 Å². The molecule has 128 valence electrons. The van der Waals surface area contributed by atoms with Gasteiger partial charge in [0.2, 0.25) is 6.08 Å². The third-order valence-corrected chi connectivity index (χ3v) is 4.04. The summed E-state index contributed by atoms with van der Waals surface area (Å²) in [6, 6.07) is 11.3. The SMILES string of the molecule is CC(C)(C)c1cc(CCN=C=O)cc(-n2nc3ccccc3n2)c1O. The van der Waals surface area contributed by atoms with Crippen molar-refractivity contribution in [3.8, 4) is 11.4 Å². The number of phenolic OH excluding ortho intramolecular Hbond substituents is 1. The molecule has 6 nitrogen and oxygen atoms in total. The maximum atomic E-state index is 10.8. The number of rotatable bonds is 4. The molecule has 0 saturated carbocycles. The van der Waals surface area contributed by atoms with Gasteiger partial charge in [-0.1, -0.05) is 39.0 Å². The lowest BCUT2D eigenvalue weighted by atomic mass is 9.84. The monoisotopic (exact) mass is 336 g/mol. The average molecular weight is 336 g/mol. The van der Waals surface area contributed by atoms with Gasteiger partial charge in [0.15, 0.2) is 0 Å². The molecule has 0 saturated heterocycles. The van der Waals surface area contributed by atoms with Crippen LogP contribution in [0.25, 0.3) is 16.7 Å². The summed E-state index contributed by atoms with van der Waals surface area (Å²) in [4.78, 5) is 15.4. The molecule has 0 bridgehead atoms.